The summed E-state index contributed by atoms with van der Waals surface area (Å²) < 4.78 is 5.37. The van der Waals surface area contributed by atoms with Crippen molar-refractivity contribution in [3.05, 3.63) is 35.9 Å². The van der Waals surface area contributed by atoms with Crippen LogP contribution in [0.1, 0.15) is 24.9 Å². The van der Waals surface area contributed by atoms with Gasteiger partial charge in [-0.05, 0) is 12.5 Å². The maximum atomic E-state index is 12.4. The van der Waals surface area contributed by atoms with Gasteiger partial charge in [-0.2, -0.15) is 0 Å². The molecule has 0 bridgehead atoms. The zero-order chi connectivity index (χ0) is 15.8. The fourth-order valence-corrected chi connectivity index (χ4v) is 2.69. The molecule has 0 spiro atoms. The van der Waals surface area contributed by atoms with E-state index >= 15 is 0 Å². The molecule has 1 atom stereocenters. The lowest BCUT2D eigenvalue weighted by Crippen LogP contribution is -2.49. The summed E-state index contributed by atoms with van der Waals surface area (Å²) in [7, 11) is 0. The van der Waals surface area contributed by atoms with Crippen LogP contribution < -0.4 is 5.73 Å². The normalized spacial score (nSPS) is 16.0. The van der Waals surface area contributed by atoms with Gasteiger partial charge in [0, 0.05) is 51.8 Å². The zero-order valence-electron chi connectivity index (χ0n) is 14.2. The standard InChI is InChI=1S/C17H27N3O2.2ClH/c1-2-22-13-12-19-8-10-20(11-9-19)17(21)14-16(18)15-6-4-3-5-7-15;;/h3-7,16H,2,8-14,18H2,1H3;2*1H. The van der Waals surface area contributed by atoms with Gasteiger partial charge in [-0.1, -0.05) is 30.3 Å². The molecule has 0 radical (unpaired) electrons. The van der Waals surface area contributed by atoms with Crippen LogP contribution in [0.4, 0.5) is 0 Å². The largest absolute Gasteiger partial charge is 0.380 e. The molecular weight excluding hydrogens is 349 g/mol. The summed E-state index contributed by atoms with van der Waals surface area (Å²) in [5.74, 6) is 0.154. The summed E-state index contributed by atoms with van der Waals surface area (Å²) >= 11 is 0. The van der Waals surface area contributed by atoms with Crippen LogP contribution in [-0.4, -0.2) is 61.6 Å². The van der Waals surface area contributed by atoms with Crippen molar-refractivity contribution < 1.29 is 9.53 Å². The van der Waals surface area contributed by atoms with Gasteiger partial charge in [-0.15, -0.1) is 24.8 Å². The van der Waals surface area contributed by atoms with E-state index in [1.165, 1.54) is 0 Å². The Hall–Kier alpha value is -0.850. The van der Waals surface area contributed by atoms with Crippen molar-refractivity contribution in [1.82, 2.24) is 9.80 Å². The Balaban J connectivity index is 0.00000264. The van der Waals surface area contributed by atoms with Gasteiger partial charge in [0.2, 0.25) is 5.91 Å². The third-order valence-electron chi connectivity index (χ3n) is 4.10. The van der Waals surface area contributed by atoms with Crippen molar-refractivity contribution in [2.24, 2.45) is 5.73 Å². The zero-order valence-corrected chi connectivity index (χ0v) is 15.9. The number of piperazine rings is 1. The molecule has 1 aliphatic rings. The average molecular weight is 378 g/mol. The van der Waals surface area contributed by atoms with Gasteiger partial charge in [0.15, 0.2) is 0 Å². The number of nitrogens with zero attached hydrogens (tertiary/aromatic N) is 2. The molecule has 2 rings (SSSR count). The van der Waals surface area contributed by atoms with Crippen LogP contribution >= 0.6 is 24.8 Å². The van der Waals surface area contributed by atoms with Crippen LogP contribution in [-0.2, 0) is 9.53 Å². The van der Waals surface area contributed by atoms with E-state index in [-0.39, 0.29) is 36.8 Å². The van der Waals surface area contributed by atoms with E-state index < -0.39 is 0 Å². The molecule has 24 heavy (non-hydrogen) atoms. The second-order valence-corrected chi connectivity index (χ2v) is 5.64. The van der Waals surface area contributed by atoms with E-state index in [0.717, 1.165) is 51.5 Å². The Bertz CT molecular complexity index is 454. The van der Waals surface area contributed by atoms with E-state index in [2.05, 4.69) is 4.90 Å². The minimum atomic E-state index is -0.218. The fourth-order valence-electron chi connectivity index (χ4n) is 2.69. The van der Waals surface area contributed by atoms with Gasteiger partial charge >= 0.3 is 0 Å². The number of rotatable bonds is 7. The van der Waals surface area contributed by atoms with Crippen molar-refractivity contribution >= 4 is 30.7 Å². The Morgan fingerprint density at radius 3 is 2.38 bits per heavy atom. The fraction of sp³-hybridized carbons (Fsp3) is 0.588. The maximum absolute atomic E-state index is 12.4. The van der Waals surface area contributed by atoms with Crippen molar-refractivity contribution in [3.8, 4) is 0 Å². The molecule has 1 aromatic carbocycles. The number of carbonyl (C=O) groups excluding carboxylic acids is 1. The number of hydrogen-bond acceptors (Lipinski definition) is 4. The van der Waals surface area contributed by atoms with Gasteiger partial charge in [0.25, 0.3) is 0 Å². The average Bonchev–Trinajstić information content (AvgIpc) is 2.56. The lowest BCUT2D eigenvalue weighted by atomic mass is 10.0. The van der Waals surface area contributed by atoms with E-state index in [1.54, 1.807) is 0 Å². The summed E-state index contributed by atoms with van der Waals surface area (Å²) in [4.78, 5) is 16.6. The minimum Gasteiger partial charge on any atom is -0.380 e. The molecule has 7 heteroatoms. The number of halogens is 2. The highest BCUT2D eigenvalue weighted by Gasteiger charge is 2.22. The van der Waals surface area contributed by atoms with Gasteiger partial charge in [-0.3, -0.25) is 9.69 Å². The monoisotopic (exact) mass is 377 g/mol. The topological polar surface area (TPSA) is 58.8 Å². The van der Waals surface area contributed by atoms with Crippen molar-refractivity contribution in [2.45, 2.75) is 19.4 Å². The summed E-state index contributed by atoms with van der Waals surface area (Å²) in [6.45, 7) is 7.88. The number of carbonyl (C=O) groups is 1. The van der Waals surface area contributed by atoms with Crippen molar-refractivity contribution in [2.75, 3.05) is 45.9 Å². The molecule has 1 heterocycles. The number of hydrogen-bond donors (Lipinski definition) is 1. The van der Waals surface area contributed by atoms with Crippen LogP contribution in [0.2, 0.25) is 0 Å². The number of ether oxygens (including phenoxy) is 1. The number of amides is 1. The van der Waals surface area contributed by atoms with Crippen LogP contribution in [0.5, 0.6) is 0 Å². The van der Waals surface area contributed by atoms with Gasteiger partial charge in [0.05, 0.1) is 6.61 Å². The molecule has 1 fully saturated rings. The molecule has 138 valence electrons. The van der Waals surface area contributed by atoms with E-state index in [4.69, 9.17) is 10.5 Å². The van der Waals surface area contributed by atoms with Crippen LogP contribution in [0.3, 0.4) is 0 Å². The quantitative estimate of drug-likeness (QED) is 0.739. The third kappa shape index (κ3) is 7.36. The second kappa shape index (κ2) is 12.5. The van der Waals surface area contributed by atoms with E-state index in [9.17, 15) is 4.79 Å². The first-order chi connectivity index (χ1) is 10.7. The highest BCUT2D eigenvalue weighted by Crippen LogP contribution is 2.15. The first-order valence-electron chi connectivity index (χ1n) is 8.09. The predicted molar refractivity (Wildman–Crippen MR) is 102 cm³/mol. The highest BCUT2D eigenvalue weighted by molar-refractivity contribution is 5.85. The van der Waals surface area contributed by atoms with Crippen LogP contribution in [0.25, 0.3) is 0 Å². The van der Waals surface area contributed by atoms with Crippen molar-refractivity contribution in [1.29, 1.82) is 0 Å². The molecule has 1 saturated heterocycles. The molecule has 0 saturated carbocycles. The van der Waals surface area contributed by atoms with E-state index in [1.807, 2.05) is 42.2 Å². The van der Waals surface area contributed by atoms with Crippen LogP contribution in [0.15, 0.2) is 30.3 Å². The van der Waals surface area contributed by atoms with Crippen LogP contribution in [0, 0.1) is 0 Å². The Labute approximate surface area is 157 Å². The smallest absolute Gasteiger partial charge is 0.224 e. The summed E-state index contributed by atoms with van der Waals surface area (Å²) in [5, 5.41) is 0. The predicted octanol–water partition coefficient (Wildman–Crippen LogP) is 2.10. The van der Waals surface area contributed by atoms with E-state index in [0.29, 0.717) is 6.42 Å². The molecule has 1 unspecified atom stereocenters. The summed E-state index contributed by atoms with van der Waals surface area (Å²) in [6, 6.07) is 9.60. The summed E-state index contributed by atoms with van der Waals surface area (Å²) in [6.07, 6.45) is 0.378. The Morgan fingerprint density at radius 1 is 1.17 bits per heavy atom. The molecule has 1 aliphatic heterocycles. The van der Waals surface area contributed by atoms with Gasteiger partial charge in [-0.25, -0.2) is 0 Å². The lowest BCUT2D eigenvalue weighted by molar-refractivity contribution is -0.133. The Morgan fingerprint density at radius 2 is 1.79 bits per heavy atom. The highest BCUT2D eigenvalue weighted by atomic mass is 35.5. The lowest BCUT2D eigenvalue weighted by Gasteiger charge is -2.35. The molecule has 1 aromatic rings. The molecule has 2 N–H and O–H groups in total. The van der Waals surface area contributed by atoms with Crippen molar-refractivity contribution in [3.63, 3.8) is 0 Å². The SMILES string of the molecule is CCOCCN1CCN(C(=O)CC(N)c2ccccc2)CC1.Cl.Cl. The minimum absolute atomic E-state index is 0. The molecule has 0 aromatic heterocycles. The number of nitrogens with two attached hydrogens (primary N) is 1. The Kier molecular flexibility index (Phi) is 12.1. The first-order valence-corrected chi connectivity index (χ1v) is 8.09. The maximum Gasteiger partial charge on any atom is 0.224 e. The summed E-state index contributed by atoms with van der Waals surface area (Å²) in [5.41, 5.74) is 7.16. The number of benzene rings is 1. The van der Waals surface area contributed by atoms with Gasteiger partial charge < -0.3 is 15.4 Å². The first kappa shape index (κ1) is 23.1. The molecular formula is C17H29Cl2N3O2. The molecule has 5 nitrogen and oxygen atoms in total. The molecule has 1 amide bonds. The molecule has 0 aliphatic carbocycles. The van der Waals surface area contributed by atoms with Gasteiger partial charge in [0.1, 0.15) is 0 Å². The second-order valence-electron chi connectivity index (χ2n) is 5.64. The third-order valence-corrected chi connectivity index (χ3v) is 4.10.